The van der Waals surface area contributed by atoms with Gasteiger partial charge in [-0.1, -0.05) is 17.7 Å². The van der Waals surface area contributed by atoms with E-state index in [9.17, 15) is 4.79 Å². The average Bonchev–Trinajstić information content (AvgIpc) is 3.01. The molecule has 0 saturated carbocycles. The van der Waals surface area contributed by atoms with Gasteiger partial charge in [0.2, 0.25) is 0 Å². The number of rotatable bonds is 2. The summed E-state index contributed by atoms with van der Waals surface area (Å²) >= 11 is 5.91. The molecule has 1 N–H and O–H groups in total. The van der Waals surface area contributed by atoms with E-state index in [0.29, 0.717) is 24.2 Å². The summed E-state index contributed by atoms with van der Waals surface area (Å²) in [4.78, 5) is 14.0. The van der Waals surface area contributed by atoms with Crippen molar-refractivity contribution in [1.29, 1.82) is 0 Å². The maximum Gasteiger partial charge on any atom is 0.321 e. The van der Waals surface area contributed by atoms with Crippen molar-refractivity contribution >= 4 is 23.3 Å². The van der Waals surface area contributed by atoms with Gasteiger partial charge in [0.1, 0.15) is 0 Å². The van der Waals surface area contributed by atoms with Crippen LogP contribution in [0.4, 0.5) is 10.5 Å². The molecule has 114 valence electrons. The lowest BCUT2D eigenvalue weighted by atomic mass is 9.96. The summed E-state index contributed by atoms with van der Waals surface area (Å²) in [7, 11) is 0. The molecule has 2 saturated heterocycles. The molecule has 1 aromatic rings. The zero-order valence-electron chi connectivity index (χ0n) is 11.8. The number of piperidine rings is 1. The molecule has 0 atom stereocenters. The summed E-state index contributed by atoms with van der Waals surface area (Å²) in [5, 5.41) is 3.49. The van der Waals surface area contributed by atoms with Crippen LogP contribution in [0, 0.1) is 5.92 Å². The average molecular weight is 311 g/mol. The van der Waals surface area contributed by atoms with Crippen molar-refractivity contribution < 1.29 is 14.3 Å². The van der Waals surface area contributed by atoms with Gasteiger partial charge in [-0.2, -0.15) is 0 Å². The number of benzene rings is 1. The fraction of sp³-hybridized carbons (Fsp3) is 0.533. The van der Waals surface area contributed by atoms with Crippen molar-refractivity contribution in [3.63, 3.8) is 0 Å². The molecule has 3 rings (SSSR count). The minimum Gasteiger partial charge on any atom is -0.350 e. The first-order chi connectivity index (χ1) is 10.2. The molecule has 21 heavy (non-hydrogen) atoms. The second kappa shape index (κ2) is 6.64. The van der Waals surface area contributed by atoms with Gasteiger partial charge in [0.25, 0.3) is 0 Å². The van der Waals surface area contributed by atoms with Gasteiger partial charge in [-0.15, -0.1) is 0 Å². The van der Waals surface area contributed by atoms with Gasteiger partial charge >= 0.3 is 6.03 Å². The largest absolute Gasteiger partial charge is 0.350 e. The Balaban J connectivity index is 1.50. The molecule has 0 radical (unpaired) electrons. The van der Waals surface area contributed by atoms with Crippen molar-refractivity contribution in [2.45, 2.75) is 19.1 Å². The van der Waals surface area contributed by atoms with E-state index in [0.717, 1.165) is 31.6 Å². The number of hydrogen-bond donors (Lipinski definition) is 1. The highest BCUT2D eigenvalue weighted by atomic mass is 35.5. The molecule has 1 aromatic carbocycles. The molecule has 2 aliphatic rings. The normalized spacial score (nSPS) is 20.7. The first-order valence-corrected chi connectivity index (χ1v) is 7.65. The Bertz CT molecular complexity index is 497. The predicted octanol–water partition coefficient (Wildman–Crippen LogP) is 2.96. The number of likely N-dealkylation sites (tertiary alicyclic amines) is 1. The van der Waals surface area contributed by atoms with Crippen molar-refractivity contribution in [2.24, 2.45) is 5.92 Å². The van der Waals surface area contributed by atoms with Crippen LogP contribution in [0.25, 0.3) is 0 Å². The van der Waals surface area contributed by atoms with Crippen LogP contribution in [-0.4, -0.2) is 43.5 Å². The number of amides is 2. The zero-order valence-corrected chi connectivity index (χ0v) is 12.5. The molecule has 6 heteroatoms. The molecule has 2 amide bonds. The number of nitrogens with zero attached hydrogens (tertiary/aromatic N) is 1. The first-order valence-electron chi connectivity index (χ1n) is 7.27. The maximum atomic E-state index is 12.2. The molecule has 0 aromatic heterocycles. The van der Waals surface area contributed by atoms with Crippen LogP contribution in [0.2, 0.25) is 5.02 Å². The van der Waals surface area contributed by atoms with Crippen LogP contribution in [0.15, 0.2) is 24.3 Å². The van der Waals surface area contributed by atoms with E-state index >= 15 is 0 Å². The first kappa shape index (κ1) is 14.6. The standard InChI is InChI=1S/C15H19ClN2O3/c16-12-2-1-3-13(10-12)17-15(19)18-6-4-11(5-7-18)14-20-8-9-21-14/h1-3,10-11,14H,4-9H2,(H,17,19). The van der Waals surface area contributed by atoms with Crippen molar-refractivity contribution in [1.82, 2.24) is 4.90 Å². The topological polar surface area (TPSA) is 50.8 Å². The van der Waals surface area contributed by atoms with Crippen molar-refractivity contribution in [3.8, 4) is 0 Å². The third kappa shape index (κ3) is 3.67. The molecule has 2 fully saturated rings. The Morgan fingerprint density at radius 2 is 1.95 bits per heavy atom. The lowest BCUT2D eigenvalue weighted by molar-refractivity contribution is -0.0950. The van der Waals surface area contributed by atoms with Gasteiger partial charge in [0.05, 0.1) is 13.2 Å². The van der Waals surface area contributed by atoms with E-state index in [-0.39, 0.29) is 12.3 Å². The van der Waals surface area contributed by atoms with Crippen LogP contribution in [0.3, 0.4) is 0 Å². The zero-order chi connectivity index (χ0) is 14.7. The van der Waals surface area contributed by atoms with E-state index in [2.05, 4.69) is 5.32 Å². The fourth-order valence-electron chi connectivity index (χ4n) is 2.79. The SMILES string of the molecule is O=C(Nc1cccc(Cl)c1)N1CCC(C2OCCO2)CC1. The molecule has 0 aliphatic carbocycles. The lowest BCUT2D eigenvalue weighted by Gasteiger charge is -2.33. The van der Waals surface area contributed by atoms with Crippen LogP contribution >= 0.6 is 11.6 Å². The van der Waals surface area contributed by atoms with E-state index < -0.39 is 0 Å². The number of ether oxygens (including phenoxy) is 2. The molecular weight excluding hydrogens is 292 g/mol. The Morgan fingerprint density at radius 1 is 1.24 bits per heavy atom. The Morgan fingerprint density at radius 3 is 2.62 bits per heavy atom. The van der Waals surface area contributed by atoms with E-state index in [1.54, 1.807) is 12.1 Å². The van der Waals surface area contributed by atoms with Gasteiger partial charge in [-0.25, -0.2) is 4.79 Å². The highest BCUT2D eigenvalue weighted by Gasteiger charge is 2.31. The summed E-state index contributed by atoms with van der Waals surface area (Å²) < 4.78 is 11.1. The van der Waals surface area contributed by atoms with Gasteiger partial charge in [0, 0.05) is 29.7 Å². The minimum atomic E-state index is -0.0804. The highest BCUT2D eigenvalue weighted by molar-refractivity contribution is 6.30. The summed E-state index contributed by atoms with van der Waals surface area (Å²) in [5.74, 6) is 0.391. The molecule has 5 nitrogen and oxygen atoms in total. The number of hydrogen-bond acceptors (Lipinski definition) is 3. The summed E-state index contributed by atoms with van der Waals surface area (Å²) in [6.07, 6.45) is 1.74. The Hall–Kier alpha value is -1.30. The molecule has 2 aliphatic heterocycles. The second-order valence-electron chi connectivity index (χ2n) is 5.37. The summed E-state index contributed by atoms with van der Waals surface area (Å²) in [5.41, 5.74) is 0.720. The number of carbonyl (C=O) groups excluding carboxylic acids is 1. The highest BCUT2D eigenvalue weighted by Crippen LogP contribution is 2.26. The molecule has 0 unspecified atom stereocenters. The van der Waals surface area contributed by atoms with Crippen LogP contribution in [0.5, 0.6) is 0 Å². The summed E-state index contributed by atoms with van der Waals surface area (Å²) in [6, 6.07) is 7.09. The van der Waals surface area contributed by atoms with Gasteiger partial charge in [-0.3, -0.25) is 0 Å². The Kier molecular flexibility index (Phi) is 4.63. The smallest absolute Gasteiger partial charge is 0.321 e. The van der Waals surface area contributed by atoms with Crippen LogP contribution < -0.4 is 5.32 Å². The number of anilines is 1. The minimum absolute atomic E-state index is 0.0797. The van der Waals surface area contributed by atoms with Crippen LogP contribution in [-0.2, 0) is 9.47 Å². The van der Waals surface area contributed by atoms with E-state index in [1.807, 2.05) is 17.0 Å². The predicted molar refractivity (Wildman–Crippen MR) is 80.5 cm³/mol. The van der Waals surface area contributed by atoms with Gasteiger partial charge < -0.3 is 19.7 Å². The maximum absolute atomic E-state index is 12.2. The third-order valence-corrected chi connectivity index (χ3v) is 4.17. The fourth-order valence-corrected chi connectivity index (χ4v) is 2.98. The van der Waals surface area contributed by atoms with Crippen LogP contribution in [0.1, 0.15) is 12.8 Å². The quantitative estimate of drug-likeness (QED) is 0.913. The molecule has 2 heterocycles. The number of carbonyl (C=O) groups is 1. The monoisotopic (exact) mass is 310 g/mol. The van der Waals surface area contributed by atoms with Crippen molar-refractivity contribution in [3.05, 3.63) is 29.3 Å². The van der Waals surface area contributed by atoms with Gasteiger partial charge in [-0.05, 0) is 31.0 Å². The van der Waals surface area contributed by atoms with E-state index in [1.165, 1.54) is 0 Å². The number of nitrogens with one attached hydrogen (secondary N) is 1. The second-order valence-corrected chi connectivity index (χ2v) is 5.81. The lowest BCUT2D eigenvalue weighted by Crippen LogP contribution is -2.43. The van der Waals surface area contributed by atoms with Gasteiger partial charge in [0.15, 0.2) is 6.29 Å². The molecule has 0 bridgehead atoms. The molecule has 0 spiro atoms. The van der Waals surface area contributed by atoms with E-state index in [4.69, 9.17) is 21.1 Å². The third-order valence-electron chi connectivity index (χ3n) is 3.94. The van der Waals surface area contributed by atoms with Crippen molar-refractivity contribution in [2.75, 3.05) is 31.6 Å². The summed E-state index contributed by atoms with van der Waals surface area (Å²) in [6.45, 7) is 2.81. The number of halogens is 1. The molecular formula is C15H19ClN2O3. The Labute approximate surface area is 129 Å². The number of urea groups is 1.